The summed E-state index contributed by atoms with van der Waals surface area (Å²) in [5.41, 5.74) is 0. The zero-order valence-electron chi connectivity index (χ0n) is 8.95. The van der Waals surface area contributed by atoms with Gasteiger partial charge in [-0.1, -0.05) is 0 Å². The zero-order chi connectivity index (χ0) is 11.3. The Balaban J connectivity index is 2.35. The van der Waals surface area contributed by atoms with E-state index in [1.54, 1.807) is 0 Å². The molecule has 1 aliphatic rings. The minimum absolute atomic E-state index is 0.0539. The SMILES string of the molecule is CCS(=O)(=O)NC(=O)CC1CCCNC1. The molecule has 0 radical (unpaired) electrons. The first kappa shape index (κ1) is 12.4. The molecular formula is C9H18N2O3S. The fourth-order valence-corrected chi connectivity index (χ4v) is 2.22. The van der Waals surface area contributed by atoms with Gasteiger partial charge >= 0.3 is 0 Å². The highest BCUT2D eigenvalue weighted by atomic mass is 32.2. The van der Waals surface area contributed by atoms with Gasteiger partial charge in [0.15, 0.2) is 0 Å². The van der Waals surface area contributed by atoms with Gasteiger partial charge in [-0.15, -0.1) is 0 Å². The third kappa shape index (κ3) is 4.61. The van der Waals surface area contributed by atoms with Crippen LogP contribution in [-0.4, -0.2) is 33.2 Å². The number of piperidine rings is 1. The number of hydrogen-bond donors (Lipinski definition) is 2. The minimum Gasteiger partial charge on any atom is -0.316 e. The topological polar surface area (TPSA) is 75.3 Å². The second-order valence-electron chi connectivity index (χ2n) is 3.85. The predicted molar refractivity (Wildman–Crippen MR) is 57.8 cm³/mol. The van der Waals surface area contributed by atoms with Gasteiger partial charge in [-0.2, -0.15) is 0 Å². The first-order valence-electron chi connectivity index (χ1n) is 5.27. The van der Waals surface area contributed by atoms with E-state index in [1.165, 1.54) is 6.92 Å². The van der Waals surface area contributed by atoms with Gasteiger partial charge in [0, 0.05) is 6.42 Å². The Morgan fingerprint density at radius 3 is 2.80 bits per heavy atom. The van der Waals surface area contributed by atoms with E-state index in [0.717, 1.165) is 25.9 Å². The van der Waals surface area contributed by atoms with Crippen LogP contribution in [0.1, 0.15) is 26.2 Å². The maximum Gasteiger partial charge on any atom is 0.234 e. The normalized spacial score (nSPS) is 22.3. The lowest BCUT2D eigenvalue weighted by Gasteiger charge is -2.21. The maximum absolute atomic E-state index is 11.4. The molecule has 5 nitrogen and oxygen atoms in total. The Hall–Kier alpha value is -0.620. The summed E-state index contributed by atoms with van der Waals surface area (Å²) >= 11 is 0. The van der Waals surface area contributed by atoms with Crippen LogP contribution >= 0.6 is 0 Å². The van der Waals surface area contributed by atoms with Crippen LogP contribution in [0.25, 0.3) is 0 Å². The van der Waals surface area contributed by atoms with E-state index in [-0.39, 0.29) is 17.6 Å². The molecular weight excluding hydrogens is 216 g/mol. The fraction of sp³-hybridized carbons (Fsp3) is 0.889. The summed E-state index contributed by atoms with van der Waals surface area (Å²) in [5.74, 6) is -0.168. The molecule has 6 heteroatoms. The molecule has 1 aliphatic heterocycles. The highest BCUT2D eigenvalue weighted by Crippen LogP contribution is 2.13. The Labute approximate surface area is 90.7 Å². The summed E-state index contributed by atoms with van der Waals surface area (Å²) in [6.45, 7) is 3.31. The van der Waals surface area contributed by atoms with Crippen molar-refractivity contribution in [3.8, 4) is 0 Å². The van der Waals surface area contributed by atoms with Gasteiger partial charge in [-0.3, -0.25) is 9.52 Å². The molecule has 0 saturated carbocycles. The van der Waals surface area contributed by atoms with Crippen molar-refractivity contribution in [2.75, 3.05) is 18.8 Å². The molecule has 1 atom stereocenters. The van der Waals surface area contributed by atoms with Crippen LogP contribution in [-0.2, 0) is 14.8 Å². The minimum atomic E-state index is -3.39. The number of hydrogen-bond acceptors (Lipinski definition) is 4. The van der Waals surface area contributed by atoms with Gasteiger partial charge in [-0.25, -0.2) is 8.42 Å². The van der Waals surface area contributed by atoms with E-state index in [4.69, 9.17) is 0 Å². The Morgan fingerprint density at radius 1 is 1.53 bits per heavy atom. The molecule has 0 aromatic heterocycles. The van der Waals surface area contributed by atoms with E-state index in [2.05, 4.69) is 10.0 Å². The first-order valence-corrected chi connectivity index (χ1v) is 6.93. The fourth-order valence-electron chi connectivity index (χ4n) is 1.65. The highest BCUT2D eigenvalue weighted by Gasteiger charge is 2.19. The summed E-state index contributed by atoms with van der Waals surface area (Å²) < 4.78 is 24.3. The maximum atomic E-state index is 11.4. The van der Waals surface area contributed by atoms with Crippen LogP contribution < -0.4 is 10.0 Å². The molecule has 1 fully saturated rings. The van der Waals surface area contributed by atoms with Gasteiger partial charge in [0.1, 0.15) is 0 Å². The largest absolute Gasteiger partial charge is 0.316 e. The van der Waals surface area contributed by atoms with Crippen LogP contribution in [0.4, 0.5) is 0 Å². The zero-order valence-corrected chi connectivity index (χ0v) is 9.77. The van der Waals surface area contributed by atoms with Crippen LogP contribution in [0.15, 0.2) is 0 Å². The molecule has 2 N–H and O–H groups in total. The van der Waals surface area contributed by atoms with Gasteiger partial charge in [-0.05, 0) is 38.8 Å². The van der Waals surface area contributed by atoms with Crippen molar-refractivity contribution in [2.45, 2.75) is 26.2 Å². The summed E-state index contributed by atoms with van der Waals surface area (Å²) in [7, 11) is -3.39. The monoisotopic (exact) mass is 234 g/mol. The molecule has 15 heavy (non-hydrogen) atoms. The van der Waals surface area contributed by atoms with Gasteiger partial charge in [0.2, 0.25) is 15.9 Å². The van der Waals surface area contributed by atoms with Gasteiger partial charge in [0.05, 0.1) is 5.75 Å². The highest BCUT2D eigenvalue weighted by molar-refractivity contribution is 7.90. The van der Waals surface area contributed by atoms with Crippen molar-refractivity contribution in [3.63, 3.8) is 0 Å². The number of carbonyl (C=O) groups excluding carboxylic acids is 1. The molecule has 1 unspecified atom stereocenters. The number of nitrogens with one attached hydrogen (secondary N) is 2. The standard InChI is InChI=1S/C9H18N2O3S/c1-2-15(13,14)11-9(12)6-8-4-3-5-10-7-8/h8,10H,2-7H2,1H3,(H,11,12). The van der Waals surface area contributed by atoms with Crippen LogP contribution in [0.2, 0.25) is 0 Å². The van der Waals surface area contributed by atoms with E-state index in [9.17, 15) is 13.2 Å². The smallest absolute Gasteiger partial charge is 0.234 e. The predicted octanol–water partition coefficient (Wildman–Crippen LogP) is -0.158. The van der Waals surface area contributed by atoms with Crippen molar-refractivity contribution in [2.24, 2.45) is 5.92 Å². The van der Waals surface area contributed by atoms with Crippen molar-refractivity contribution in [3.05, 3.63) is 0 Å². The molecule has 88 valence electrons. The molecule has 0 aliphatic carbocycles. The molecule has 1 rings (SSSR count). The van der Waals surface area contributed by atoms with Crippen molar-refractivity contribution < 1.29 is 13.2 Å². The van der Waals surface area contributed by atoms with Crippen molar-refractivity contribution in [1.29, 1.82) is 0 Å². The summed E-state index contributed by atoms with van der Waals surface area (Å²) in [6.07, 6.45) is 2.34. The number of rotatable bonds is 4. The second kappa shape index (κ2) is 5.46. The molecule has 0 spiro atoms. The number of amides is 1. The summed E-state index contributed by atoms with van der Waals surface area (Å²) in [5, 5.41) is 3.19. The van der Waals surface area contributed by atoms with Crippen LogP contribution in [0.5, 0.6) is 0 Å². The van der Waals surface area contributed by atoms with Gasteiger partial charge in [0.25, 0.3) is 0 Å². The average Bonchev–Trinajstić information content (AvgIpc) is 2.18. The van der Waals surface area contributed by atoms with Crippen molar-refractivity contribution in [1.82, 2.24) is 10.0 Å². The number of sulfonamides is 1. The molecule has 0 aromatic rings. The van der Waals surface area contributed by atoms with Crippen LogP contribution in [0, 0.1) is 5.92 Å². The third-order valence-electron chi connectivity index (χ3n) is 2.52. The quantitative estimate of drug-likeness (QED) is 0.709. The molecule has 1 saturated heterocycles. The van der Waals surface area contributed by atoms with Crippen LogP contribution in [0.3, 0.4) is 0 Å². The number of carbonyl (C=O) groups is 1. The Bertz CT molecular complexity index is 307. The van der Waals surface area contributed by atoms with Crippen molar-refractivity contribution >= 4 is 15.9 Å². The first-order chi connectivity index (χ1) is 7.03. The molecule has 1 amide bonds. The summed E-state index contributed by atoms with van der Waals surface area (Å²) in [4.78, 5) is 11.4. The van der Waals surface area contributed by atoms with E-state index >= 15 is 0 Å². The average molecular weight is 234 g/mol. The molecule has 0 bridgehead atoms. The Kier molecular flexibility index (Phi) is 4.53. The lowest BCUT2D eigenvalue weighted by atomic mass is 9.96. The lowest BCUT2D eigenvalue weighted by Crippen LogP contribution is -2.37. The van der Waals surface area contributed by atoms with E-state index < -0.39 is 10.0 Å². The molecule has 0 aromatic carbocycles. The third-order valence-corrected chi connectivity index (χ3v) is 3.82. The molecule has 1 heterocycles. The second-order valence-corrected chi connectivity index (χ2v) is 5.86. The lowest BCUT2D eigenvalue weighted by molar-refractivity contribution is -0.120. The van der Waals surface area contributed by atoms with E-state index in [1.807, 2.05) is 0 Å². The summed E-state index contributed by atoms with van der Waals surface area (Å²) in [6, 6.07) is 0. The Morgan fingerprint density at radius 2 is 2.27 bits per heavy atom. The van der Waals surface area contributed by atoms with E-state index in [0.29, 0.717) is 6.42 Å². The van der Waals surface area contributed by atoms with Gasteiger partial charge < -0.3 is 5.32 Å².